The number of aryl methyl sites for hydroxylation is 1. The molecular formula is C13H22N4O2. The molecule has 2 N–H and O–H groups in total. The molecule has 0 bridgehead atoms. The van der Waals surface area contributed by atoms with Crippen molar-refractivity contribution in [2.45, 2.75) is 33.0 Å². The Bertz CT molecular complexity index is 406. The van der Waals surface area contributed by atoms with Crippen LogP contribution in [0.5, 0.6) is 5.88 Å². The summed E-state index contributed by atoms with van der Waals surface area (Å²) < 4.78 is 11.2. The first kappa shape index (κ1) is 14.0. The van der Waals surface area contributed by atoms with Gasteiger partial charge in [-0.1, -0.05) is 0 Å². The second kappa shape index (κ2) is 6.68. The number of nitrogens with one attached hydrogen (secondary N) is 2. The summed E-state index contributed by atoms with van der Waals surface area (Å²) in [5, 5.41) is 6.49. The van der Waals surface area contributed by atoms with Crippen LogP contribution >= 0.6 is 0 Å². The first-order valence-corrected chi connectivity index (χ1v) is 6.72. The van der Waals surface area contributed by atoms with E-state index in [1.165, 1.54) is 0 Å². The van der Waals surface area contributed by atoms with Gasteiger partial charge in [0.25, 0.3) is 0 Å². The Labute approximate surface area is 113 Å². The molecule has 19 heavy (non-hydrogen) atoms. The van der Waals surface area contributed by atoms with Crippen LogP contribution in [0.4, 0.5) is 5.95 Å². The number of aromatic nitrogens is 2. The number of rotatable bonds is 5. The molecule has 1 fully saturated rings. The number of anilines is 1. The lowest BCUT2D eigenvalue weighted by Gasteiger charge is -2.23. The summed E-state index contributed by atoms with van der Waals surface area (Å²) in [5.41, 5.74) is 0.885. The predicted octanol–water partition coefficient (Wildman–Crippen LogP) is 0.973. The van der Waals surface area contributed by atoms with Crippen LogP contribution in [0.1, 0.15) is 19.5 Å². The van der Waals surface area contributed by atoms with Crippen molar-refractivity contribution in [3.8, 4) is 5.88 Å². The predicted molar refractivity (Wildman–Crippen MR) is 73.6 cm³/mol. The van der Waals surface area contributed by atoms with Gasteiger partial charge in [-0.15, -0.1) is 0 Å². The minimum absolute atomic E-state index is 0.105. The van der Waals surface area contributed by atoms with Crippen LogP contribution < -0.4 is 15.4 Å². The first-order valence-electron chi connectivity index (χ1n) is 6.72. The van der Waals surface area contributed by atoms with Crippen LogP contribution in [0.15, 0.2) is 6.07 Å². The zero-order valence-electron chi connectivity index (χ0n) is 11.8. The van der Waals surface area contributed by atoms with Gasteiger partial charge in [0.1, 0.15) is 0 Å². The van der Waals surface area contributed by atoms with Crippen LogP contribution in [-0.2, 0) is 4.74 Å². The second-order valence-electron chi connectivity index (χ2n) is 4.92. The Morgan fingerprint density at radius 2 is 2.37 bits per heavy atom. The van der Waals surface area contributed by atoms with Crippen molar-refractivity contribution >= 4 is 5.95 Å². The molecule has 1 unspecified atom stereocenters. The first-order chi connectivity index (χ1) is 9.13. The van der Waals surface area contributed by atoms with Gasteiger partial charge in [0.15, 0.2) is 0 Å². The van der Waals surface area contributed by atoms with Gasteiger partial charge in [0.2, 0.25) is 11.8 Å². The molecular weight excluding hydrogens is 244 g/mol. The average molecular weight is 266 g/mol. The smallest absolute Gasteiger partial charge is 0.226 e. The molecule has 2 heterocycles. The molecule has 0 spiro atoms. The van der Waals surface area contributed by atoms with Crippen molar-refractivity contribution < 1.29 is 9.47 Å². The van der Waals surface area contributed by atoms with E-state index >= 15 is 0 Å². The maximum Gasteiger partial charge on any atom is 0.226 e. The molecule has 1 atom stereocenters. The minimum atomic E-state index is 0.105. The van der Waals surface area contributed by atoms with E-state index in [9.17, 15) is 0 Å². The molecule has 6 nitrogen and oxygen atoms in total. The fourth-order valence-electron chi connectivity index (χ4n) is 1.88. The molecule has 0 radical (unpaired) electrons. The van der Waals surface area contributed by atoms with Gasteiger partial charge in [0.05, 0.1) is 18.8 Å². The zero-order valence-corrected chi connectivity index (χ0v) is 11.8. The monoisotopic (exact) mass is 266 g/mol. The maximum atomic E-state index is 5.61. The molecule has 1 aromatic rings. The molecule has 2 rings (SSSR count). The molecule has 0 saturated carbocycles. The van der Waals surface area contributed by atoms with Crippen LogP contribution in [-0.4, -0.2) is 48.4 Å². The van der Waals surface area contributed by atoms with Crippen LogP contribution in [0.25, 0.3) is 0 Å². The van der Waals surface area contributed by atoms with E-state index in [1.54, 1.807) is 0 Å². The van der Waals surface area contributed by atoms with Gasteiger partial charge in [-0.3, -0.25) is 0 Å². The Morgan fingerprint density at radius 1 is 1.53 bits per heavy atom. The summed E-state index contributed by atoms with van der Waals surface area (Å²) in [4.78, 5) is 8.69. The van der Waals surface area contributed by atoms with Gasteiger partial charge in [-0.2, -0.15) is 4.98 Å². The van der Waals surface area contributed by atoms with Gasteiger partial charge < -0.3 is 20.1 Å². The summed E-state index contributed by atoms with van der Waals surface area (Å²) >= 11 is 0. The highest BCUT2D eigenvalue weighted by atomic mass is 16.5. The van der Waals surface area contributed by atoms with E-state index in [-0.39, 0.29) is 12.2 Å². The molecule has 1 saturated heterocycles. The SMILES string of the molecule is Cc1cc(OC(C)C)nc(NCC2CNCCO2)n1. The Morgan fingerprint density at radius 3 is 3.05 bits per heavy atom. The minimum Gasteiger partial charge on any atom is -0.475 e. The quantitative estimate of drug-likeness (QED) is 0.828. The number of hydrogen-bond acceptors (Lipinski definition) is 6. The molecule has 106 valence electrons. The Balaban J connectivity index is 1.93. The van der Waals surface area contributed by atoms with Crippen molar-refractivity contribution in [3.63, 3.8) is 0 Å². The third kappa shape index (κ3) is 4.65. The Hall–Kier alpha value is -1.40. The highest BCUT2D eigenvalue weighted by Crippen LogP contribution is 2.13. The maximum absolute atomic E-state index is 5.61. The summed E-state index contributed by atoms with van der Waals surface area (Å²) in [5.74, 6) is 1.19. The second-order valence-corrected chi connectivity index (χ2v) is 4.92. The van der Waals surface area contributed by atoms with E-state index in [0.29, 0.717) is 18.4 Å². The summed E-state index contributed by atoms with van der Waals surface area (Å²) in [6.45, 7) is 9.11. The van der Waals surface area contributed by atoms with Crippen molar-refractivity contribution in [2.24, 2.45) is 0 Å². The Kier molecular flexibility index (Phi) is 4.93. The highest BCUT2D eigenvalue weighted by Gasteiger charge is 2.13. The molecule has 6 heteroatoms. The largest absolute Gasteiger partial charge is 0.475 e. The molecule has 1 aliphatic rings. The van der Waals surface area contributed by atoms with Crippen molar-refractivity contribution in [1.29, 1.82) is 0 Å². The van der Waals surface area contributed by atoms with E-state index in [0.717, 1.165) is 25.4 Å². The third-order valence-corrected chi connectivity index (χ3v) is 2.68. The fourth-order valence-corrected chi connectivity index (χ4v) is 1.88. The van der Waals surface area contributed by atoms with Crippen molar-refractivity contribution in [3.05, 3.63) is 11.8 Å². The van der Waals surface area contributed by atoms with Gasteiger partial charge in [-0.05, 0) is 20.8 Å². The standard InChI is InChI=1S/C13H22N4O2/c1-9(2)19-12-6-10(3)16-13(17-12)15-8-11-7-14-4-5-18-11/h6,9,11,14H,4-5,7-8H2,1-3H3,(H,15,16,17). The van der Waals surface area contributed by atoms with Crippen molar-refractivity contribution in [2.75, 3.05) is 31.6 Å². The topological polar surface area (TPSA) is 68.3 Å². The van der Waals surface area contributed by atoms with E-state index < -0.39 is 0 Å². The molecule has 0 amide bonds. The fraction of sp³-hybridized carbons (Fsp3) is 0.692. The molecule has 1 aliphatic heterocycles. The lowest BCUT2D eigenvalue weighted by atomic mass is 10.3. The number of ether oxygens (including phenoxy) is 2. The highest BCUT2D eigenvalue weighted by molar-refractivity contribution is 5.30. The molecule has 0 aromatic carbocycles. The van der Waals surface area contributed by atoms with Crippen LogP contribution in [0.3, 0.4) is 0 Å². The van der Waals surface area contributed by atoms with E-state index in [1.807, 2.05) is 26.8 Å². The zero-order chi connectivity index (χ0) is 13.7. The average Bonchev–Trinajstić information content (AvgIpc) is 2.36. The van der Waals surface area contributed by atoms with Crippen LogP contribution in [0.2, 0.25) is 0 Å². The number of morpholine rings is 1. The number of hydrogen-bond donors (Lipinski definition) is 2. The van der Waals surface area contributed by atoms with Gasteiger partial charge in [0, 0.05) is 31.4 Å². The van der Waals surface area contributed by atoms with Crippen molar-refractivity contribution in [1.82, 2.24) is 15.3 Å². The summed E-state index contributed by atoms with van der Waals surface area (Å²) in [7, 11) is 0. The molecule has 0 aliphatic carbocycles. The summed E-state index contributed by atoms with van der Waals surface area (Å²) in [6.07, 6.45) is 0.264. The lowest BCUT2D eigenvalue weighted by Crippen LogP contribution is -2.42. The summed E-state index contributed by atoms with van der Waals surface area (Å²) in [6, 6.07) is 1.84. The van der Waals surface area contributed by atoms with Gasteiger partial charge in [-0.25, -0.2) is 4.98 Å². The molecule has 1 aromatic heterocycles. The van der Waals surface area contributed by atoms with E-state index in [4.69, 9.17) is 9.47 Å². The lowest BCUT2D eigenvalue weighted by molar-refractivity contribution is 0.0371. The normalized spacial score (nSPS) is 19.5. The van der Waals surface area contributed by atoms with E-state index in [2.05, 4.69) is 20.6 Å². The van der Waals surface area contributed by atoms with Gasteiger partial charge >= 0.3 is 0 Å². The van der Waals surface area contributed by atoms with Crippen LogP contribution in [0, 0.1) is 6.92 Å². The third-order valence-electron chi connectivity index (χ3n) is 2.68. The number of nitrogens with zero attached hydrogens (tertiary/aromatic N) is 2.